The van der Waals surface area contributed by atoms with Gasteiger partial charge < -0.3 is 15.0 Å². The van der Waals surface area contributed by atoms with E-state index in [1.807, 2.05) is 17.0 Å². The van der Waals surface area contributed by atoms with Crippen molar-refractivity contribution in [1.82, 2.24) is 10.2 Å². The van der Waals surface area contributed by atoms with Crippen LogP contribution in [0.4, 0.5) is 0 Å². The van der Waals surface area contributed by atoms with Crippen LogP contribution in [0.3, 0.4) is 0 Å². The minimum Gasteiger partial charge on any atom is -0.497 e. The maximum absolute atomic E-state index is 12.7. The van der Waals surface area contributed by atoms with Crippen molar-refractivity contribution < 1.29 is 9.53 Å². The van der Waals surface area contributed by atoms with Crippen LogP contribution in [0.1, 0.15) is 32.3 Å². The van der Waals surface area contributed by atoms with E-state index in [1.165, 1.54) is 5.56 Å². The molecule has 0 spiro atoms. The number of amides is 1. The second kappa shape index (κ2) is 8.18. The predicted octanol–water partition coefficient (Wildman–Crippen LogP) is 2.47. The van der Waals surface area contributed by atoms with Gasteiger partial charge in [-0.05, 0) is 57.4 Å². The standard InChI is InChI=1S/C18H28N2O2/c1-4-20(18(21)16-6-5-11-19-13-16)14(2)12-15-7-9-17(22-3)10-8-15/h7-10,14,16,19H,4-6,11-13H2,1-3H3. The summed E-state index contributed by atoms with van der Waals surface area (Å²) in [4.78, 5) is 14.8. The molecule has 1 amide bonds. The summed E-state index contributed by atoms with van der Waals surface area (Å²) in [6.45, 7) is 6.84. The quantitative estimate of drug-likeness (QED) is 0.878. The minimum atomic E-state index is 0.145. The molecule has 1 aromatic carbocycles. The summed E-state index contributed by atoms with van der Waals surface area (Å²) in [5.41, 5.74) is 1.24. The van der Waals surface area contributed by atoms with E-state index in [1.54, 1.807) is 7.11 Å². The molecule has 4 nitrogen and oxygen atoms in total. The highest BCUT2D eigenvalue weighted by Crippen LogP contribution is 2.18. The molecule has 122 valence electrons. The van der Waals surface area contributed by atoms with Crippen LogP contribution in [-0.2, 0) is 11.2 Å². The van der Waals surface area contributed by atoms with Gasteiger partial charge in [0, 0.05) is 19.1 Å². The molecular weight excluding hydrogens is 276 g/mol. The van der Waals surface area contributed by atoms with Crippen molar-refractivity contribution in [2.45, 2.75) is 39.2 Å². The maximum atomic E-state index is 12.7. The van der Waals surface area contributed by atoms with E-state index in [9.17, 15) is 4.79 Å². The first-order valence-electron chi connectivity index (χ1n) is 8.29. The molecule has 0 aromatic heterocycles. The summed E-state index contributed by atoms with van der Waals surface area (Å²) in [5, 5.41) is 3.33. The first-order chi connectivity index (χ1) is 10.7. The number of benzene rings is 1. The summed E-state index contributed by atoms with van der Waals surface area (Å²) >= 11 is 0. The van der Waals surface area contributed by atoms with Crippen LogP contribution in [0.5, 0.6) is 5.75 Å². The Morgan fingerprint density at radius 2 is 2.14 bits per heavy atom. The number of methoxy groups -OCH3 is 1. The van der Waals surface area contributed by atoms with Crippen molar-refractivity contribution in [3.05, 3.63) is 29.8 Å². The zero-order valence-corrected chi connectivity index (χ0v) is 14.0. The lowest BCUT2D eigenvalue weighted by molar-refractivity contribution is -0.137. The van der Waals surface area contributed by atoms with Crippen LogP contribution in [0, 0.1) is 5.92 Å². The third-order valence-corrected chi connectivity index (χ3v) is 4.49. The Balaban J connectivity index is 1.97. The summed E-state index contributed by atoms with van der Waals surface area (Å²) in [6.07, 6.45) is 2.99. The fourth-order valence-corrected chi connectivity index (χ4v) is 3.19. The highest BCUT2D eigenvalue weighted by molar-refractivity contribution is 5.79. The number of nitrogens with zero attached hydrogens (tertiary/aromatic N) is 1. The minimum absolute atomic E-state index is 0.145. The lowest BCUT2D eigenvalue weighted by Crippen LogP contribution is -2.47. The third kappa shape index (κ3) is 4.23. The molecule has 1 fully saturated rings. The summed E-state index contributed by atoms with van der Waals surface area (Å²) in [6, 6.07) is 8.33. The third-order valence-electron chi connectivity index (χ3n) is 4.49. The molecule has 0 bridgehead atoms. The second-order valence-corrected chi connectivity index (χ2v) is 6.07. The van der Waals surface area contributed by atoms with Crippen LogP contribution in [0.2, 0.25) is 0 Å². The number of piperidine rings is 1. The van der Waals surface area contributed by atoms with Gasteiger partial charge in [0.15, 0.2) is 0 Å². The fraction of sp³-hybridized carbons (Fsp3) is 0.611. The molecule has 1 heterocycles. The number of carbonyl (C=O) groups excluding carboxylic acids is 1. The summed E-state index contributed by atoms with van der Waals surface area (Å²) in [7, 11) is 1.67. The Hall–Kier alpha value is -1.55. The van der Waals surface area contributed by atoms with Gasteiger partial charge in [-0.1, -0.05) is 12.1 Å². The number of nitrogens with one attached hydrogen (secondary N) is 1. The highest BCUT2D eigenvalue weighted by atomic mass is 16.5. The Morgan fingerprint density at radius 1 is 1.41 bits per heavy atom. The Labute approximate surface area is 133 Å². The van der Waals surface area contributed by atoms with Crippen LogP contribution < -0.4 is 10.1 Å². The van der Waals surface area contributed by atoms with Gasteiger partial charge in [-0.2, -0.15) is 0 Å². The zero-order chi connectivity index (χ0) is 15.9. The predicted molar refractivity (Wildman–Crippen MR) is 89.1 cm³/mol. The molecule has 1 aromatic rings. The van der Waals surface area contributed by atoms with Crippen molar-refractivity contribution in [1.29, 1.82) is 0 Å². The molecule has 2 unspecified atom stereocenters. The number of hydrogen-bond donors (Lipinski definition) is 1. The number of hydrogen-bond acceptors (Lipinski definition) is 3. The van der Waals surface area contributed by atoms with Gasteiger partial charge in [-0.25, -0.2) is 0 Å². The van der Waals surface area contributed by atoms with E-state index >= 15 is 0 Å². The molecule has 1 N–H and O–H groups in total. The molecule has 4 heteroatoms. The normalized spacial score (nSPS) is 19.5. The van der Waals surface area contributed by atoms with Gasteiger partial charge in [0.05, 0.1) is 13.0 Å². The number of rotatable bonds is 6. The zero-order valence-electron chi connectivity index (χ0n) is 14.0. The molecular formula is C18H28N2O2. The molecule has 0 aliphatic carbocycles. The lowest BCUT2D eigenvalue weighted by atomic mass is 9.96. The van der Waals surface area contributed by atoms with Crippen LogP contribution in [0.15, 0.2) is 24.3 Å². The maximum Gasteiger partial charge on any atom is 0.227 e. The summed E-state index contributed by atoms with van der Waals surface area (Å²) in [5.74, 6) is 1.32. The van der Waals surface area contributed by atoms with Gasteiger partial charge in [-0.3, -0.25) is 4.79 Å². The van der Waals surface area contributed by atoms with Crippen LogP contribution in [-0.4, -0.2) is 43.6 Å². The van der Waals surface area contributed by atoms with E-state index in [0.29, 0.717) is 5.91 Å². The Bertz CT molecular complexity index is 466. The molecule has 2 atom stereocenters. The van der Waals surface area contributed by atoms with Gasteiger partial charge >= 0.3 is 0 Å². The molecule has 2 rings (SSSR count). The highest BCUT2D eigenvalue weighted by Gasteiger charge is 2.27. The van der Waals surface area contributed by atoms with Gasteiger partial charge in [0.2, 0.25) is 5.91 Å². The van der Waals surface area contributed by atoms with E-state index in [-0.39, 0.29) is 12.0 Å². The summed E-state index contributed by atoms with van der Waals surface area (Å²) < 4.78 is 5.19. The van der Waals surface area contributed by atoms with Crippen molar-refractivity contribution in [3.8, 4) is 5.75 Å². The number of likely N-dealkylation sites (N-methyl/N-ethyl adjacent to an activating group) is 1. The van der Waals surface area contributed by atoms with Crippen molar-refractivity contribution in [3.63, 3.8) is 0 Å². The monoisotopic (exact) mass is 304 g/mol. The average Bonchev–Trinajstić information content (AvgIpc) is 2.57. The SMILES string of the molecule is CCN(C(=O)C1CCCNC1)C(C)Cc1ccc(OC)cc1. The van der Waals surface area contributed by atoms with Crippen LogP contribution in [0.25, 0.3) is 0 Å². The van der Waals surface area contributed by atoms with Crippen LogP contribution >= 0.6 is 0 Å². The lowest BCUT2D eigenvalue weighted by Gasteiger charge is -2.33. The Kier molecular flexibility index (Phi) is 6.25. The first kappa shape index (κ1) is 16.8. The van der Waals surface area contributed by atoms with E-state index < -0.39 is 0 Å². The van der Waals surface area contributed by atoms with E-state index in [2.05, 4.69) is 31.3 Å². The van der Waals surface area contributed by atoms with Crippen molar-refractivity contribution in [2.75, 3.05) is 26.7 Å². The fourth-order valence-electron chi connectivity index (χ4n) is 3.19. The number of ether oxygens (including phenoxy) is 1. The molecule has 22 heavy (non-hydrogen) atoms. The smallest absolute Gasteiger partial charge is 0.227 e. The molecule has 1 aliphatic rings. The Morgan fingerprint density at radius 3 is 2.68 bits per heavy atom. The second-order valence-electron chi connectivity index (χ2n) is 6.07. The first-order valence-corrected chi connectivity index (χ1v) is 8.29. The van der Waals surface area contributed by atoms with Gasteiger partial charge in [-0.15, -0.1) is 0 Å². The van der Waals surface area contributed by atoms with E-state index in [0.717, 1.165) is 44.6 Å². The van der Waals surface area contributed by atoms with Crippen molar-refractivity contribution in [2.24, 2.45) is 5.92 Å². The average molecular weight is 304 g/mol. The van der Waals surface area contributed by atoms with Gasteiger partial charge in [0.1, 0.15) is 5.75 Å². The van der Waals surface area contributed by atoms with Gasteiger partial charge in [0.25, 0.3) is 0 Å². The largest absolute Gasteiger partial charge is 0.497 e. The van der Waals surface area contributed by atoms with E-state index in [4.69, 9.17) is 4.74 Å². The molecule has 0 radical (unpaired) electrons. The molecule has 1 aliphatic heterocycles. The number of carbonyl (C=O) groups is 1. The molecule has 0 saturated carbocycles. The molecule has 1 saturated heterocycles. The topological polar surface area (TPSA) is 41.6 Å². The van der Waals surface area contributed by atoms with Crippen molar-refractivity contribution >= 4 is 5.91 Å².